The summed E-state index contributed by atoms with van der Waals surface area (Å²) in [6, 6.07) is -0.0167. The molecule has 1 amide bonds. The monoisotopic (exact) mass is 900 g/mol. The minimum absolute atomic E-state index is 0.0126. The number of ether oxygens (including phenoxy) is 8. The standard InChI is InChI=1S/C52H85NO11/c1-10-12-13-14-15-16-17-18-19-23-45(54)53(6)43-26-27-47(60-33(43)4)64-44-22-20-21-36(11-2)62-46(55)31-41-38-25-24-35-28-37(29-39(35)40(38)30-42(41)48(56)32(44)3)63-52-51(59-9)50(58-8)49(57-7)34(5)61-52/h24-25,30,32-41,43-44,47,49-52H,10-23,26-29,31H2,1-9H3/t32-,33?,34?,35-,36+,37-,38-,39-,40-,41+,43+,44+,47+,49+,50?,51+,52+/m1/s1. The third-order valence-electron chi connectivity index (χ3n) is 16.0. The van der Waals surface area contributed by atoms with Crippen molar-refractivity contribution in [1.82, 2.24) is 4.90 Å². The van der Waals surface area contributed by atoms with Crippen LogP contribution in [-0.2, 0) is 52.3 Å². The first-order valence-electron chi connectivity index (χ1n) is 25.5. The maximum absolute atomic E-state index is 14.9. The molecule has 1 saturated carbocycles. The molecule has 6 rings (SSSR count). The van der Waals surface area contributed by atoms with E-state index < -0.39 is 24.6 Å². The van der Waals surface area contributed by atoms with Gasteiger partial charge in [0.1, 0.15) is 24.4 Å². The van der Waals surface area contributed by atoms with Crippen LogP contribution in [0.25, 0.3) is 0 Å². The smallest absolute Gasteiger partial charge is 0.306 e. The number of Topliss-reactive ketones (excluding diaryl/α,β-unsaturated/α-hetero) is 1. The van der Waals surface area contributed by atoms with E-state index in [1.807, 2.05) is 32.7 Å². The predicted molar refractivity (Wildman–Crippen MR) is 245 cm³/mol. The van der Waals surface area contributed by atoms with Crippen molar-refractivity contribution in [3.8, 4) is 0 Å². The van der Waals surface area contributed by atoms with Crippen LogP contribution in [0.1, 0.15) is 157 Å². The van der Waals surface area contributed by atoms with E-state index in [4.69, 9.17) is 37.9 Å². The molecule has 17 atom stereocenters. The van der Waals surface area contributed by atoms with E-state index in [9.17, 15) is 14.4 Å². The number of unbranched alkanes of at least 4 members (excludes halogenated alkanes) is 8. The van der Waals surface area contributed by atoms with Gasteiger partial charge in [-0.25, -0.2) is 0 Å². The zero-order chi connectivity index (χ0) is 45.9. The lowest BCUT2D eigenvalue weighted by atomic mass is 9.70. The fourth-order valence-electron chi connectivity index (χ4n) is 12.2. The van der Waals surface area contributed by atoms with Crippen LogP contribution in [0.5, 0.6) is 0 Å². The van der Waals surface area contributed by atoms with Crippen molar-refractivity contribution in [2.75, 3.05) is 28.4 Å². The molecule has 0 aromatic rings. The van der Waals surface area contributed by atoms with Gasteiger partial charge in [0.05, 0.1) is 36.9 Å². The van der Waals surface area contributed by atoms with Crippen molar-refractivity contribution >= 4 is 17.7 Å². The molecule has 64 heavy (non-hydrogen) atoms. The maximum atomic E-state index is 14.9. The molecule has 3 heterocycles. The number of esters is 1. The maximum Gasteiger partial charge on any atom is 0.306 e. The van der Waals surface area contributed by atoms with Gasteiger partial charge in [0.15, 0.2) is 18.4 Å². The Kier molecular flexibility index (Phi) is 19.8. The van der Waals surface area contributed by atoms with Gasteiger partial charge < -0.3 is 42.8 Å². The first-order valence-corrected chi connectivity index (χ1v) is 25.5. The van der Waals surface area contributed by atoms with Crippen molar-refractivity contribution < 1.29 is 52.3 Å². The van der Waals surface area contributed by atoms with E-state index in [1.54, 1.807) is 21.3 Å². The quantitative estimate of drug-likeness (QED) is 0.0699. The average molecular weight is 900 g/mol. The average Bonchev–Trinajstić information content (AvgIpc) is 3.87. The van der Waals surface area contributed by atoms with Crippen LogP contribution in [0.3, 0.4) is 0 Å². The number of hydrogen-bond donors (Lipinski definition) is 0. The number of rotatable bonds is 19. The Hall–Kier alpha value is -2.19. The fraction of sp³-hybridized carbons (Fsp3) is 0.865. The van der Waals surface area contributed by atoms with Gasteiger partial charge >= 0.3 is 5.97 Å². The van der Waals surface area contributed by atoms with Gasteiger partial charge in [-0.1, -0.05) is 90.4 Å². The minimum atomic E-state index is -0.612. The Bertz CT molecular complexity index is 1550. The summed E-state index contributed by atoms with van der Waals surface area (Å²) in [6.07, 6.45) is 21.3. The summed E-state index contributed by atoms with van der Waals surface area (Å²) in [5.74, 6) is -0.0721. The Morgan fingerprint density at radius 3 is 2.14 bits per heavy atom. The highest BCUT2D eigenvalue weighted by molar-refractivity contribution is 5.99. The molecule has 3 saturated heterocycles. The SMILES string of the molecule is CCCCCCCCCCCC(=O)N(C)[C@H]1CC[C@H](O[C@H]2CCC[C@H](CC)OC(=O)C[C@@H]3C(=C[C@@H]4[C@H]3C=C[C@@H]3C[C@@H](O[C@@H]5OC(C)[C@H](OC)C(OC)[C@@H]5OC)C[C@@H]43)C(=O)[C@@H]2C)OC1C. The molecule has 0 spiro atoms. The molecule has 3 aliphatic carbocycles. The number of fused-ring (bicyclic) bond motifs is 5. The van der Waals surface area contributed by atoms with Crippen molar-refractivity contribution in [3.05, 3.63) is 23.8 Å². The molecule has 12 heteroatoms. The summed E-state index contributed by atoms with van der Waals surface area (Å²) in [7, 11) is 6.89. The highest BCUT2D eigenvalue weighted by Gasteiger charge is 2.53. The summed E-state index contributed by atoms with van der Waals surface area (Å²) in [5.41, 5.74) is 0.735. The summed E-state index contributed by atoms with van der Waals surface area (Å²) in [4.78, 5) is 43.7. The predicted octanol–water partition coefficient (Wildman–Crippen LogP) is 9.31. The van der Waals surface area contributed by atoms with Crippen LogP contribution in [-0.4, -0.2) is 118 Å². The van der Waals surface area contributed by atoms with Crippen molar-refractivity contribution in [3.63, 3.8) is 0 Å². The number of carbonyl (C=O) groups is 3. The van der Waals surface area contributed by atoms with Crippen LogP contribution < -0.4 is 0 Å². The number of hydrogen-bond acceptors (Lipinski definition) is 11. The topological polar surface area (TPSA) is 128 Å². The van der Waals surface area contributed by atoms with E-state index in [-0.39, 0.29) is 102 Å². The molecule has 0 N–H and O–H groups in total. The van der Waals surface area contributed by atoms with E-state index in [0.29, 0.717) is 25.7 Å². The molecule has 4 fully saturated rings. The fourth-order valence-corrected chi connectivity index (χ4v) is 12.2. The third-order valence-corrected chi connectivity index (χ3v) is 16.0. The summed E-state index contributed by atoms with van der Waals surface area (Å²) >= 11 is 0. The number of likely N-dealkylation sites (N-methyl/N-ethyl adjacent to an activating group) is 1. The van der Waals surface area contributed by atoms with Crippen LogP contribution in [0.15, 0.2) is 23.8 Å². The Labute approximate surface area is 385 Å². The van der Waals surface area contributed by atoms with Gasteiger partial charge in [-0.05, 0) is 94.5 Å². The Balaban J connectivity index is 1.09. The van der Waals surface area contributed by atoms with E-state index in [1.165, 1.54) is 44.9 Å². The van der Waals surface area contributed by atoms with Crippen LogP contribution in [0.4, 0.5) is 0 Å². The number of methoxy groups -OCH3 is 3. The molecule has 6 aliphatic rings. The molecule has 0 bridgehead atoms. The Morgan fingerprint density at radius 1 is 0.766 bits per heavy atom. The number of nitrogens with zero attached hydrogens (tertiary/aromatic N) is 1. The number of allylic oxidation sites excluding steroid dienone is 4. The third kappa shape index (κ3) is 12.5. The molecule has 0 radical (unpaired) electrons. The highest BCUT2D eigenvalue weighted by atomic mass is 16.7. The molecule has 12 nitrogen and oxygen atoms in total. The second kappa shape index (κ2) is 24.7. The van der Waals surface area contributed by atoms with Crippen molar-refractivity contribution in [2.45, 2.75) is 224 Å². The minimum Gasteiger partial charge on any atom is -0.462 e. The van der Waals surface area contributed by atoms with Gasteiger partial charge in [0.25, 0.3) is 0 Å². The molecule has 0 aromatic carbocycles. The molecule has 0 aromatic heterocycles. The molecule has 364 valence electrons. The second-order valence-corrected chi connectivity index (χ2v) is 20.1. The molecule has 3 aliphatic heterocycles. The van der Waals surface area contributed by atoms with Crippen LogP contribution >= 0.6 is 0 Å². The summed E-state index contributed by atoms with van der Waals surface area (Å²) in [6.45, 7) is 10.3. The zero-order valence-corrected chi connectivity index (χ0v) is 40.9. The number of ketones is 1. The lowest BCUT2D eigenvalue weighted by Crippen LogP contribution is -2.59. The molecular weight excluding hydrogens is 815 g/mol. The van der Waals surface area contributed by atoms with Crippen LogP contribution in [0, 0.1) is 35.5 Å². The van der Waals surface area contributed by atoms with Gasteiger partial charge in [0, 0.05) is 53.1 Å². The first kappa shape index (κ1) is 51.2. The zero-order valence-electron chi connectivity index (χ0n) is 40.9. The van der Waals surface area contributed by atoms with Crippen molar-refractivity contribution in [2.24, 2.45) is 35.5 Å². The normalized spacial score (nSPS) is 39.2. The number of carbonyl (C=O) groups excluding carboxylic acids is 3. The van der Waals surface area contributed by atoms with Crippen LogP contribution in [0.2, 0.25) is 0 Å². The van der Waals surface area contributed by atoms with E-state index in [2.05, 4.69) is 32.1 Å². The lowest BCUT2D eigenvalue weighted by Gasteiger charge is -2.44. The molecule has 3 unspecified atom stereocenters. The van der Waals surface area contributed by atoms with E-state index >= 15 is 0 Å². The van der Waals surface area contributed by atoms with E-state index in [0.717, 1.165) is 50.5 Å². The van der Waals surface area contributed by atoms with Gasteiger partial charge in [-0.3, -0.25) is 14.4 Å². The summed E-state index contributed by atoms with van der Waals surface area (Å²) in [5, 5.41) is 0. The Morgan fingerprint density at radius 2 is 1.47 bits per heavy atom. The number of cyclic esters (lactones) is 1. The van der Waals surface area contributed by atoms with Crippen molar-refractivity contribution in [1.29, 1.82) is 0 Å². The number of amides is 1. The van der Waals surface area contributed by atoms with Gasteiger partial charge in [0.2, 0.25) is 5.91 Å². The first-order chi connectivity index (χ1) is 30.9. The second-order valence-electron chi connectivity index (χ2n) is 20.1. The van der Waals surface area contributed by atoms with Gasteiger partial charge in [-0.15, -0.1) is 0 Å². The highest BCUT2D eigenvalue weighted by Crippen LogP contribution is 2.54. The molecular formula is C52H85NO11. The summed E-state index contributed by atoms with van der Waals surface area (Å²) < 4.78 is 50.0. The largest absolute Gasteiger partial charge is 0.462 e. The van der Waals surface area contributed by atoms with Gasteiger partial charge in [-0.2, -0.15) is 0 Å². The lowest BCUT2D eigenvalue weighted by molar-refractivity contribution is -0.314.